The number of amides is 1. The van der Waals surface area contributed by atoms with Crippen LogP contribution < -0.4 is 10.9 Å². The van der Waals surface area contributed by atoms with Crippen molar-refractivity contribution >= 4 is 38.9 Å². The summed E-state index contributed by atoms with van der Waals surface area (Å²) >= 11 is 1.33. The lowest BCUT2D eigenvalue weighted by Gasteiger charge is -2.10. The molecule has 0 bridgehead atoms. The van der Waals surface area contributed by atoms with Crippen LogP contribution in [0.1, 0.15) is 24.2 Å². The maximum atomic E-state index is 12.8. The molecule has 1 amide bonds. The number of hydrogen-bond acceptors (Lipinski definition) is 5. The van der Waals surface area contributed by atoms with Crippen LogP contribution in [0.15, 0.2) is 40.5 Å². The Balaban J connectivity index is 1.46. The van der Waals surface area contributed by atoms with Gasteiger partial charge in [-0.25, -0.2) is 0 Å². The quantitative estimate of drug-likeness (QED) is 0.519. The summed E-state index contributed by atoms with van der Waals surface area (Å²) < 4.78 is 42.2. The molecule has 0 atom stereocenters. The zero-order valence-corrected chi connectivity index (χ0v) is 16.5. The number of alkyl halides is 3. The normalized spacial score (nSPS) is 12.0. The second kappa shape index (κ2) is 7.56. The largest absolute Gasteiger partial charge is 0.416 e. The molecule has 1 N–H and O–H groups in total. The summed E-state index contributed by atoms with van der Waals surface area (Å²) in [6.45, 7) is 0. The summed E-state index contributed by atoms with van der Waals surface area (Å²) in [5.74, 6) is 0.626. The van der Waals surface area contributed by atoms with Crippen LogP contribution >= 0.6 is 11.3 Å². The number of benzene rings is 1. The zero-order chi connectivity index (χ0) is 21.5. The first-order chi connectivity index (χ1) is 14.3. The van der Waals surface area contributed by atoms with Crippen LogP contribution in [-0.4, -0.2) is 25.1 Å². The van der Waals surface area contributed by atoms with E-state index in [2.05, 4.69) is 15.5 Å². The van der Waals surface area contributed by atoms with Crippen molar-refractivity contribution in [1.82, 2.24) is 19.2 Å². The summed E-state index contributed by atoms with van der Waals surface area (Å²) in [7, 11) is 1.62. The molecule has 0 aliphatic carbocycles. The Morgan fingerprint density at radius 2 is 2.03 bits per heavy atom. The number of hydrogen-bond donors (Lipinski definition) is 1. The summed E-state index contributed by atoms with van der Waals surface area (Å²) in [5, 5.41) is 12.5. The maximum Gasteiger partial charge on any atom is 0.416 e. The Bertz CT molecular complexity index is 1310. The van der Waals surface area contributed by atoms with E-state index in [-0.39, 0.29) is 17.7 Å². The zero-order valence-electron chi connectivity index (χ0n) is 15.7. The van der Waals surface area contributed by atoms with Crippen molar-refractivity contribution in [2.24, 2.45) is 7.05 Å². The first kappa shape index (κ1) is 20.1. The van der Waals surface area contributed by atoms with Gasteiger partial charge in [-0.3, -0.25) is 18.6 Å². The average Bonchev–Trinajstić information content (AvgIpc) is 3.33. The van der Waals surface area contributed by atoms with E-state index in [1.165, 1.54) is 28.0 Å². The first-order valence-electron chi connectivity index (χ1n) is 9.03. The maximum absolute atomic E-state index is 12.8. The number of aryl methyl sites for hydroxylation is 2. The van der Waals surface area contributed by atoms with Crippen LogP contribution in [0.25, 0.3) is 16.0 Å². The van der Waals surface area contributed by atoms with E-state index in [1.807, 2.05) is 11.4 Å². The van der Waals surface area contributed by atoms with Gasteiger partial charge in [0.1, 0.15) is 10.5 Å². The van der Waals surface area contributed by atoms with Gasteiger partial charge < -0.3 is 5.32 Å². The lowest BCUT2D eigenvalue weighted by molar-refractivity contribution is -0.137. The molecule has 0 saturated carbocycles. The summed E-state index contributed by atoms with van der Waals surface area (Å²) in [6.07, 6.45) is -3.54. The Kier molecular flexibility index (Phi) is 5.06. The van der Waals surface area contributed by atoms with Gasteiger partial charge in [0.2, 0.25) is 11.7 Å². The Labute approximate surface area is 171 Å². The highest BCUT2D eigenvalue weighted by Crippen LogP contribution is 2.30. The van der Waals surface area contributed by atoms with Gasteiger partial charge in [0, 0.05) is 25.6 Å². The fraction of sp³-hybridized carbons (Fsp3) is 0.263. The van der Waals surface area contributed by atoms with Gasteiger partial charge >= 0.3 is 6.18 Å². The number of rotatable bonds is 5. The third kappa shape index (κ3) is 3.67. The molecule has 0 saturated heterocycles. The molecule has 0 aliphatic heterocycles. The molecule has 4 rings (SSSR count). The minimum absolute atomic E-state index is 0.0951. The highest BCUT2D eigenvalue weighted by molar-refractivity contribution is 7.17. The molecule has 4 aromatic rings. The molecule has 0 fully saturated rings. The van der Waals surface area contributed by atoms with Crippen molar-refractivity contribution < 1.29 is 18.0 Å². The second-order valence-corrected chi connectivity index (χ2v) is 7.65. The summed E-state index contributed by atoms with van der Waals surface area (Å²) in [4.78, 5) is 24.5. The monoisotopic (exact) mass is 435 g/mol. The highest BCUT2D eigenvalue weighted by atomic mass is 32.1. The SMILES string of the molecule is Cn1c(=O)c2sccc2n2c(CCCC(=O)Nc3cccc(C(F)(F)F)c3)nnc12. The topological polar surface area (TPSA) is 81.3 Å². The molecule has 0 spiro atoms. The van der Waals surface area contributed by atoms with Gasteiger partial charge in [0.15, 0.2) is 0 Å². The van der Waals surface area contributed by atoms with Gasteiger partial charge in [0.25, 0.3) is 5.56 Å². The van der Waals surface area contributed by atoms with Crippen LogP contribution in [0.5, 0.6) is 0 Å². The molecular weight excluding hydrogens is 419 g/mol. The molecule has 30 heavy (non-hydrogen) atoms. The molecule has 0 unspecified atom stereocenters. The van der Waals surface area contributed by atoms with Crippen LogP contribution in [0.2, 0.25) is 0 Å². The lowest BCUT2D eigenvalue weighted by atomic mass is 10.2. The number of nitrogens with zero attached hydrogens (tertiary/aromatic N) is 4. The number of carbonyl (C=O) groups is 1. The standard InChI is InChI=1S/C19H16F3N5O2S/c1-26-17(29)16-13(8-9-30-16)27-14(24-25-18(26)27)6-3-7-15(28)23-12-5-2-4-11(10-12)19(20,21)22/h2,4-5,8-10H,3,6-7H2,1H3,(H,23,28). The van der Waals surface area contributed by atoms with Crippen molar-refractivity contribution in [3.05, 3.63) is 57.5 Å². The first-order valence-corrected chi connectivity index (χ1v) is 9.91. The van der Waals surface area contributed by atoms with Crippen molar-refractivity contribution in [2.45, 2.75) is 25.4 Å². The molecular formula is C19H16F3N5O2S. The van der Waals surface area contributed by atoms with Crippen LogP contribution in [-0.2, 0) is 24.4 Å². The van der Waals surface area contributed by atoms with Gasteiger partial charge in [-0.2, -0.15) is 13.2 Å². The van der Waals surface area contributed by atoms with Crippen LogP contribution in [0, 0.1) is 0 Å². The van der Waals surface area contributed by atoms with E-state index < -0.39 is 17.6 Å². The molecule has 11 heteroatoms. The van der Waals surface area contributed by atoms with E-state index in [4.69, 9.17) is 0 Å². The number of fused-ring (bicyclic) bond motifs is 3. The fourth-order valence-corrected chi connectivity index (χ4v) is 4.07. The Morgan fingerprint density at radius 3 is 2.80 bits per heavy atom. The predicted molar refractivity (Wildman–Crippen MR) is 107 cm³/mol. The molecule has 3 aromatic heterocycles. The van der Waals surface area contributed by atoms with Crippen molar-refractivity contribution in [2.75, 3.05) is 5.32 Å². The summed E-state index contributed by atoms with van der Waals surface area (Å²) in [6, 6.07) is 6.33. The molecule has 1 aromatic carbocycles. The Morgan fingerprint density at radius 1 is 1.23 bits per heavy atom. The van der Waals surface area contributed by atoms with Crippen molar-refractivity contribution in [3.63, 3.8) is 0 Å². The van der Waals surface area contributed by atoms with Gasteiger partial charge in [-0.1, -0.05) is 6.07 Å². The van der Waals surface area contributed by atoms with E-state index in [9.17, 15) is 22.8 Å². The van der Waals surface area contributed by atoms with E-state index in [0.717, 1.165) is 12.1 Å². The van der Waals surface area contributed by atoms with E-state index in [0.29, 0.717) is 34.7 Å². The molecule has 0 radical (unpaired) electrons. The van der Waals surface area contributed by atoms with E-state index in [1.54, 1.807) is 11.4 Å². The number of halogens is 3. The van der Waals surface area contributed by atoms with E-state index >= 15 is 0 Å². The number of nitrogens with one attached hydrogen (secondary N) is 1. The predicted octanol–water partition coefficient (Wildman–Crippen LogP) is 3.62. The number of carbonyl (C=O) groups excluding carboxylic acids is 1. The second-order valence-electron chi connectivity index (χ2n) is 6.73. The van der Waals surface area contributed by atoms with Crippen molar-refractivity contribution in [1.29, 1.82) is 0 Å². The molecule has 7 nitrogen and oxygen atoms in total. The molecule has 0 aliphatic rings. The third-order valence-electron chi connectivity index (χ3n) is 4.68. The molecule has 3 heterocycles. The lowest BCUT2D eigenvalue weighted by Crippen LogP contribution is -2.19. The highest BCUT2D eigenvalue weighted by Gasteiger charge is 2.30. The van der Waals surface area contributed by atoms with Gasteiger partial charge in [-0.15, -0.1) is 21.5 Å². The summed E-state index contributed by atoms with van der Waals surface area (Å²) in [5.41, 5.74) is -0.156. The number of thiophene rings is 1. The fourth-order valence-electron chi connectivity index (χ4n) is 3.22. The minimum Gasteiger partial charge on any atom is -0.326 e. The average molecular weight is 435 g/mol. The third-order valence-corrected chi connectivity index (χ3v) is 5.57. The smallest absolute Gasteiger partial charge is 0.326 e. The number of anilines is 1. The van der Waals surface area contributed by atoms with Crippen LogP contribution in [0.4, 0.5) is 18.9 Å². The van der Waals surface area contributed by atoms with Crippen molar-refractivity contribution in [3.8, 4) is 0 Å². The molecule has 156 valence electrons. The Hall–Kier alpha value is -3.21. The van der Waals surface area contributed by atoms with Gasteiger partial charge in [-0.05, 0) is 36.1 Å². The van der Waals surface area contributed by atoms with Gasteiger partial charge in [0.05, 0.1) is 11.1 Å². The minimum atomic E-state index is -4.47. The number of aromatic nitrogens is 4. The van der Waals surface area contributed by atoms with Crippen LogP contribution in [0.3, 0.4) is 0 Å².